The summed E-state index contributed by atoms with van der Waals surface area (Å²) in [7, 11) is 0. The number of hydrogen-bond acceptors (Lipinski definition) is 2. The molecular weight excluding hydrogens is 252 g/mol. The maximum Gasteiger partial charge on any atom is 0.347 e. The first-order valence-corrected chi connectivity index (χ1v) is 6.48. The molecule has 0 aromatic heterocycles. The normalized spacial score (nSPS) is 11.2. The molecule has 2 aromatic carbocycles. The summed E-state index contributed by atoms with van der Waals surface area (Å²) in [6.45, 7) is 5.10. The van der Waals surface area contributed by atoms with Crippen molar-refractivity contribution in [2.24, 2.45) is 0 Å². The van der Waals surface area contributed by atoms with Gasteiger partial charge in [0.1, 0.15) is 5.75 Å². The van der Waals surface area contributed by atoms with Gasteiger partial charge in [-0.15, -0.1) is 0 Å². The molecule has 0 fully saturated rings. The van der Waals surface area contributed by atoms with Gasteiger partial charge in [0.15, 0.2) is 5.60 Å². The highest BCUT2D eigenvalue weighted by Crippen LogP contribution is 2.29. The molecule has 0 atom stereocenters. The Morgan fingerprint density at radius 1 is 1.10 bits per heavy atom. The van der Waals surface area contributed by atoms with E-state index in [0.717, 1.165) is 16.7 Å². The monoisotopic (exact) mass is 270 g/mol. The van der Waals surface area contributed by atoms with Crippen LogP contribution < -0.4 is 4.74 Å². The first-order chi connectivity index (χ1) is 9.40. The van der Waals surface area contributed by atoms with Gasteiger partial charge in [-0.05, 0) is 49.6 Å². The van der Waals surface area contributed by atoms with E-state index >= 15 is 0 Å². The Labute approximate surface area is 118 Å². The summed E-state index contributed by atoms with van der Waals surface area (Å²) in [6.07, 6.45) is 0. The Morgan fingerprint density at radius 2 is 1.75 bits per heavy atom. The molecule has 104 valence electrons. The van der Waals surface area contributed by atoms with Crippen LogP contribution in [0.15, 0.2) is 48.5 Å². The van der Waals surface area contributed by atoms with Crippen LogP contribution in [0.5, 0.6) is 5.75 Å². The second-order valence-corrected chi connectivity index (χ2v) is 5.26. The fourth-order valence-corrected chi connectivity index (χ4v) is 1.93. The van der Waals surface area contributed by atoms with Gasteiger partial charge in [0.25, 0.3) is 0 Å². The van der Waals surface area contributed by atoms with E-state index in [2.05, 4.69) is 0 Å². The number of hydrogen-bond donors (Lipinski definition) is 1. The van der Waals surface area contributed by atoms with Crippen molar-refractivity contribution in [3.8, 4) is 16.9 Å². The van der Waals surface area contributed by atoms with E-state index < -0.39 is 11.6 Å². The Bertz CT molecular complexity index is 615. The topological polar surface area (TPSA) is 46.5 Å². The van der Waals surface area contributed by atoms with Crippen LogP contribution in [0.2, 0.25) is 0 Å². The third kappa shape index (κ3) is 2.99. The van der Waals surface area contributed by atoms with Crippen molar-refractivity contribution in [2.75, 3.05) is 0 Å². The van der Waals surface area contributed by atoms with Crippen molar-refractivity contribution in [3.05, 3.63) is 54.1 Å². The van der Waals surface area contributed by atoms with Crippen LogP contribution in [0.4, 0.5) is 0 Å². The van der Waals surface area contributed by atoms with E-state index in [1.807, 2.05) is 49.4 Å². The third-order valence-electron chi connectivity index (χ3n) is 3.18. The van der Waals surface area contributed by atoms with Crippen LogP contribution in [0, 0.1) is 6.92 Å². The van der Waals surface area contributed by atoms with Crippen molar-refractivity contribution < 1.29 is 14.6 Å². The number of carbonyl (C=O) groups is 1. The second kappa shape index (κ2) is 5.37. The molecule has 0 unspecified atom stereocenters. The predicted molar refractivity (Wildman–Crippen MR) is 79.0 cm³/mol. The lowest BCUT2D eigenvalue weighted by molar-refractivity contribution is -0.152. The van der Waals surface area contributed by atoms with Gasteiger partial charge >= 0.3 is 5.97 Å². The fourth-order valence-electron chi connectivity index (χ4n) is 1.93. The standard InChI is InChI=1S/C17H18O3/c1-12-9-10-14(20-17(2,3)16(18)19)11-15(12)13-7-5-4-6-8-13/h4-11H,1-3H3,(H,18,19). The molecule has 20 heavy (non-hydrogen) atoms. The van der Waals surface area contributed by atoms with Crippen LogP contribution in [-0.4, -0.2) is 16.7 Å². The number of aliphatic carboxylic acids is 1. The second-order valence-electron chi connectivity index (χ2n) is 5.26. The zero-order valence-electron chi connectivity index (χ0n) is 11.9. The average Bonchev–Trinajstić information content (AvgIpc) is 2.41. The largest absolute Gasteiger partial charge is 0.478 e. The first kappa shape index (κ1) is 14.1. The van der Waals surface area contributed by atoms with Crippen LogP contribution in [0.3, 0.4) is 0 Å². The number of carboxylic acids is 1. The van der Waals surface area contributed by atoms with E-state index in [-0.39, 0.29) is 0 Å². The number of aryl methyl sites for hydroxylation is 1. The summed E-state index contributed by atoms with van der Waals surface area (Å²) >= 11 is 0. The van der Waals surface area contributed by atoms with Crippen LogP contribution in [-0.2, 0) is 4.79 Å². The SMILES string of the molecule is Cc1ccc(OC(C)(C)C(=O)O)cc1-c1ccccc1. The lowest BCUT2D eigenvalue weighted by Gasteiger charge is -2.22. The van der Waals surface area contributed by atoms with Gasteiger partial charge in [-0.25, -0.2) is 4.79 Å². The summed E-state index contributed by atoms with van der Waals surface area (Å²) in [5.74, 6) is -0.429. The van der Waals surface area contributed by atoms with Crippen LogP contribution in [0.25, 0.3) is 11.1 Å². The van der Waals surface area contributed by atoms with Crippen molar-refractivity contribution in [3.63, 3.8) is 0 Å². The number of benzene rings is 2. The van der Waals surface area contributed by atoms with Gasteiger partial charge in [-0.2, -0.15) is 0 Å². The van der Waals surface area contributed by atoms with Gasteiger partial charge in [0.2, 0.25) is 0 Å². The number of rotatable bonds is 4. The molecule has 2 rings (SSSR count). The van der Waals surface area contributed by atoms with Crippen molar-refractivity contribution >= 4 is 5.97 Å². The van der Waals surface area contributed by atoms with Crippen molar-refractivity contribution in [1.82, 2.24) is 0 Å². The Balaban J connectivity index is 2.37. The minimum Gasteiger partial charge on any atom is -0.478 e. The molecule has 0 aliphatic carbocycles. The summed E-state index contributed by atoms with van der Waals surface area (Å²) in [5.41, 5.74) is 2.01. The maximum atomic E-state index is 11.1. The van der Waals surface area contributed by atoms with Crippen LogP contribution >= 0.6 is 0 Å². The molecule has 0 saturated heterocycles. The fraction of sp³-hybridized carbons (Fsp3) is 0.235. The van der Waals surface area contributed by atoms with Crippen molar-refractivity contribution in [1.29, 1.82) is 0 Å². The molecule has 0 amide bonds. The van der Waals surface area contributed by atoms with E-state index in [1.54, 1.807) is 6.07 Å². The molecular formula is C17H18O3. The Hall–Kier alpha value is -2.29. The quantitative estimate of drug-likeness (QED) is 0.916. The van der Waals surface area contributed by atoms with Gasteiger partial charge in [-0.1, -0.05) is 36.4 Å². The highest BCUT2D eigenvalue weighted by molar-refractivity contribution is 5.77. The van der Waals surface area contributed by atoms with Gasteiger partial charge in [0.05, 0.1) is 0 Å². The minimum atomic E-state index is -1.25. The van der Waals surface area contributed by atoms with Crippen LogP contribution in [0.1, 0.15) is 19.4 Å². The molecule has 0 aliphatic heterocycles. The molecule has 0 saturated carbocycles. The Kier molecular flexibility index (Phi) is 3.79. The lowest BCUT2D eigenvalue weighted by Crippen LogP contribution is -2.37. The van der Waals surface area contributed by atoms with E-state index in [1.165, 1.54) is 13.8 Å². The molecule has 1 N–H and O–H groups in total. The van der Waals surface area contributed by atoms with E-state index in [4.69, 9.17) is 9.84 Å². The van der Waals surface area contributed by atoms with Gasteiger partial charge in [0, 0.05) is 0 Å². The summed E-state index contributed by atoms with van der Waals surface area (Å²) in [6, 6.07) is 15.6. The molecule has 0 radical (unpaired) electrons. The predicted octanol–water partition coefficient (Wildman–Crippen LogP) is 3.90. The summed E-state index contributed by atoms with van der Waals surface area (Å²) in [4.78, 5) is 11.1. The first-order valence-electron chi connectivity index (χ1n) is 6.48. The molecule has 2 aromatic rings. The molecule has 0 bridgehead atoms. The average molecular weight is 270 g/mol. The number of ether oxygens (including phenoxy) is 1. The summed E-state index contributed by atoms with van der Waals surface area (Å²) in [5, 5.41) is 9.12. The number of carboxylic acid groups (broad SMARTS) is 1. The minimum absolute atomic E-state index is 0.557. The highest BCUT2D eigenvalue weighted by atomic mass is 16.5. The third-order valence-corrected chi connectivity index (χ3v) is 3.18. The van der Waals surface area contributed by atoms with E-state index in [0.29, 0.717) is 5.75 Å². The zero-order chi connectivity index (χ0) is 14.8. The Morgan fingerprint density at radius 3 is 2.35 bits per heavy atom. The highest BCUT2D eigenvalue weighted by Gasteiger charge is 2.29. The zero-order valence-corrected chi connectivity index (χ0v) is 11.9. The maximum absolute atomic E-state index is 11.1. The molecule has 0 spiro atoms. The smallest absolute Gasteiger partial charge is 0.347 e. The molecule has 0 aliphatic rings. The van der Waals surface area contributed by atoms with E-state index in [9.17, 15) is 4.79 Å². The molecule has 3 heteroatoms. The molecule has 3 nitrogen and oxygen atoms in total. The molecule has 0 heterocycles. The van der Waals surface area contributed by atoms with Crippen molar-refractivity contribution in [2.45, 2.75) is 26.4 Å². The summed E-state index contributed by atoms with van der Waals surface area (Å²) < 4.78 is 5.58. The lowest BCUT2D eigenvalue weighted by atomic mass is 10.0. The van der Waals surface area contributed by atoms with Gasteiger partial charge in [-0.3, -0.25) is 0 Å². The van der Waals surface area contributed by atoms with Gasteiger partial charge < -0.3 is 9.84 Å².